The quantitative estimate of drug-likeness (QED) is 0.525. The summed E-state index contributed by atoms with van der Waals surface area (Å²) < 4.78 is 0. The van der Waals surface area contributed by atoms with E-state index in [2.05, 4.69) is 27.4 Å². The number of hydrogen-bond acceptors (Lipinski definition) is 5. The molecule has 2 aliphatic rings. The Morgan fingerprint density at radius 3 is 3.00 bits per heavy atom. The van der Waals surface area contributed by atoms with E-state index in [9.17, 15) is 10.1 Å². The average molecular weight is 293 g/mol. The van der Waals surface area contributed by atoms with Gasteiger partial charge in [-0.05, 0) is 42.4 Å². The molecule has 2 aliphatic carbocycles. The molecule has 104 valence electrons. The van der Waals surface area contributed by atoms with Crippen molar-refractivity contribution in [3.8, 4) is 0 Å². The van der Waals surface area contributed by atoms with Crippen LogP contribution in [0.15, 0.2) is 30.1 Å². The molecule has 0 amide bonds. The minimum atomic E-state index is -0.524. The molecule has 1 fully saturated rings. The summed E-state index contributed by atoms with van der Waals surface area (Å²) in [6.45, 7) is 0. The zero-order valence-electron chi connectivity index (χ0n) is 10.6. The maximum absolute atomic E-state index is 11.0. The highest BCUT2D eigenvalue weighted by Crippen LogP contribution is 2.37. The van der Waals surface area contributed by atoms with E-state index in [0.717, 1.165) is 18.3 Å². The Bertz CT molecular complexity index is 614. The second-order valence-corrected chi connectivity index (χ2v) is 5.33. The van der Waals surface area contributed by atoms with E-state index >= 15 is 0 Å². The molecular weight excluding hydrogens is 280 g/mol. The van der Waals surface area contributed by atoms with Crippen molar-refractivity contribution < 1.29 is 4.92 Å². The van der Waals surface area contributed by atoms with Gasteiger partial charge in [0.2, 0.25) is 11.1 Å². The largest absolute Gasteiger partial charge is 0.335 e. The fourth-order valence-corrected chi connectivity index (χ4v) is 2.91. The lowest BCUT2D eigenvalue weighted by atomic mass is 9.91. The third-order valence-corrected chi connectivity index (χ3v) is 3.92. The first kappa shape index (κ1) is 13.1. The van der Waals surface area contributed by atoms with Crippen molar-refractivity contribution in [3.05, 3.63) is 45.5 Å². The first-order valence-electron chi connectivity index (χ1n) is 6.47. The average Bonchev–Trinajstić information content (AvgIpc) is 2.85. The number of nitrogens with one attached hydrogen (secondary N) is 1. The van der Waals surface area contributed by atoms with Crippen molar-refractivity contribution in [2.24, 2.45) is 11.8 Å². The van der Waals surface area contributed by atoms with E-state index in [-0.39, 0.29) is 16.8 Å². The second kappa shape index (κ2) is 5.20. The number of rotatable bonds is 3. The molecule has 0 aromatic carbocycles. The lowest BCUT2D eigenvalue weighted by molar-refractivity contribution is -0.384. The number of fused-ring (bicyclic) bond motifs is 1. The van der Waals surface area contributed by atoms with Crippen LogP contribution >= 0.6 is 11.6 Å². The maximum Gasteiger partial charge on any atom is 0.329 e. The van der Waals surface area contributed by atoms with Crippen LogP contribution in [0.4, 0.5) is 11.5 Å². The summed E-state index contributed by atoms with van der Waals surface area (Å²) in [5.74, 6) is 1.24. The molecular formula is C13H13ClN4O2. The van der Waals surface area contributed by atoms with Gasteiger partial charge in [-0.2, -0.15) is 4.98 Å². The zero-order valence-corrected chi connectivity index (χ0v) is 11.4. The van der Waals surface area contributed by atoms with Crippen LogP contribution < -0.4 is 5.32 Å². The summed E-state index contributed by atoms with van der Waals surface area (Å²) in [5, 5.41) is 13.9. The van der Waals surface area contributed by atoms with E-state index < -0.39 is 4.92 Å². The summed E-state index contributed by atoms with van der Waals surface area (Å²) in [6.07, 6.45) is 10.9. The first-order chi connectivity index (χ1) is 9.63. The van der Waals surface area contributed by atoms with Crippen molar-refractivity contribution >= 4 is 23.1 Å². The van der Waals surface area contributed by atoms with Crippen molar-refractivity contribution in [1.82, 2.24) is 9.97 Å². The lowest BCUT2D eigenvalue weighted by Gasteiger charge is -2.19. The lowest BCUT2D eigenvalue weighted by Crippen LogP contribution is -2.12. The van der Waals surface area contributed by atoms with Gasteiger partial charge >= 0.3 is 5.69 Å². The van der Waals surface area contributed by atoms with Crippen molar-refractivity contribution in [3.63, 3.8) is 0 Å². The highest BCUT2D eigenvalue weighted by Gasteiger charge is 2.26. The number of aromatic nitrogens is 2. The highest BCUT2D eigenvalue weighted by molar-refractivity contribution is 6.28. The van der Waals surface area contributed by atoms with Crippen LogP contribution in [-0.4, -0.2) is 14.9 Å². The van der Waals surface area contributed by atoms with Gasteiger partial charge < -0.3 is 5.32 Å². The molecule has 0 aliphatic heterocycles. The predicted octanol–water partition coefficient (Wildman–Crippen LogP) is 3.32. The standard InChI is InChI=1S/C13H13ClN4O2/c14-13-15-7-11(18(19)20)12(17-13)16-10-5-4-8-2-1-3-9(8)6-10/h4-9H,1-3H2,(H,15,16,17). The third-order valence-electron chi connectivity index (χ3n) is 3.74. The van der Waals surface area contributed by atoms with Crippen LogP contribution in [0.25, 0.3) is 0 Å². The molecule has 3 rings (SSSR count). The molecule has 7 heteroatoms. The molecule has 2 atom stereocenters. The van der Waals surface area contributed by atoms with Gasteiger partial charge in [0.15, 0.2) is 0 Å². The van der Waals surface area contributed by atoms with Crippen molar-refractivity contribution in [1.29, 1.82) is 0 Å². The smallest absolute Gasteiger partial charge is 0.329 e. The minimum absolute atomic E-state index is 0.0165. The molecule has 1 saturated carbocycles. The van der Waals surface area contributed by atoms with Crippen molar-refractivity contribution in [2.75, 3.05) is 5.32 Å². The maximum atomic E-state index is 11.0. The monoisotopic (exact) mass is 292 g/mol. The molecule has 0 saturated heterocycles. The zero-order chi connectivity index (χ0) is 14.1. The molecule has 0 spiro atoms. The predicted molar refractivity (Wildman–Crippen MR) is 75.4 cm³/mol. The Hall–Kier alpha value is -1.95. The Balaban J connectivity index is 1.86. The van der Waals surface area contributed by atoms with Gasteiger partial charge in [0, 0.05) is 5.70 Å². The SMILES string of the molecule is O=[N+]([O-])c1cnc(Cl)nc1NC1=CC2CCCC2C=C1. The number of nitrogens with zero attached hydrogens (tertiary/aromatic N) is 3. The minimum Gasteiger partial charge on any atom is -0.335 e. The summed E-state index contributed by atoms with van der Waals surface area (Å²) in [6, 6.07) is 0. The molecule has 1 aromatic heterocycles. The molecule has 0 bridgehead atoms. The van der Waals surface area contributed by atoms with Gasteiger partial charge in [-0.3, -0.25) is 10.1 Å². The Morgan fingerprint density at radius 2 is 2.20 bits per heavy atom. The molecule has 1 heterocycles. The summed E-state index contributed by atoms with van der Waals surface area (Å²) in [5.41, 5.74) is 0.642. The highest BCUT2D eigenvalue weighted by atomic mass is 35.5. The van der Waals surface area contributed by atoms with Gasteiger partial charge in [0.05, 0.1) is 4.92 Å². The van der Waals surface area contributed by atoms with E-state index in [0.29, 0.717) is 11.8 Å². The van der Waals surface area contributed by atoms with Crippen LogP contribution in [0.5, 0.6) is 0 Å². The van der Waals surface area contributed by atoms with Gasteiger partial charge in [-0.1, -0.05) is 18.6 Å². The van der Waals surface area contributed by atoms with Crippen molar-refractivity contribution in [2.45, 2.75) is 19.3 Å². The van der Waals surface area contributed by atoms with Crippen LogP contribution in [0.1, 0.15) is 19.3 Å². The van der Waals surface area contributed by atoms with Gasteiger partial charge in [-0.15, -0.1) is 0 Å². The molecule has 1 aromatic rings. The molecule has 1 N–H and O–H groups in total. The van der Waals surface area contributed by atoms with Gasteiger partial charge in [0.1, 0.15) is 6.20 Å². The third kappa shape index (κ3) is 2.51. The molecule has 20 heavy (non-hydrogen) atoms. The molecule has 6 nitrogen and oxygen atoms in total. The Morgan fingerprint density at radius 1 is 1.40 bits per heavy atom. The number of hydrogen-bond donors (Lipinski definition) is 1. The number of allylic oxidation sites excluding steroid dienone is 3. The number of nitro groups is 1. The summed E-state index contributed by atoms with van der Waals surface area (Å²) in [7, 11) is 0. The first-order valence-corrected chi connectivity index (χ1v) is 6.85. The molecule has 2 unspecified atom stereocenters. The van der Waals surface area contributed by atoms with E-state index in [1.54, 1.807) is 0 Å². The summed E-state index contributed by atoms with van der Waals surface area (Å²) in [4.78, 5) is 18.0. The number of anilines is 1. The van der Waals surface area contributed by atoms with E-state index in [4.69, 9.17) is 11.6 Å². The fraction of sp³-hybridized carbons (Fsp3) is 0.385. The second-order valence-electron chi connectivity index (χ2n) is 4.99. The van der Waals surface area contributed by atoms with E-state index in [1.165, 1.54) is 12.8 Å². The Kier molecular flexibility index (Phi) is 3.40. The van der Waals surface area contributed by atoms with Crippen LogP contribution in [0.2, 0.25) is 5.28 Å². The Labute approximate surface area is 120 Å². The topological polar surface area (TPSA) is 81.0 Å². The fourth-order valence-electron chi connectivity index (χ4n) is 2.78. The normalized spacial score (nSPS) is 24.1. The number of halogens is 1. The van der Waals surface area contributed by atoms with Crippen LogP contribution in [-0.2, 0) is 0 Å². The van der Waals surface area contributed by atoms with Gasteiger partial charge in [-0.25, -0.2) is 4.98 Å². The van der Waals surface area contributed by atoms with E-state index in [1.807, 2.05) is 6.08 Å². The van der Waals surface area contributed by atoms with Gasteiger partial charge in [0.25, 0.3) is 0 Å². The van der Waals surface area contributed by atoms with Crippen LogP contribution in [0.3, 0.4) is 0 Å². The van der Waals surface area contributed by atoms with Crippen LogP contribution in [0, 0.1) is 22.0 Å². The molecule has 0 radical (unpaired) electrons. The summed E-state index contributed by atoms with van der Waals surface area (Å²) >= 11 is 5.71.